The maximum atomic E-state index is 13.4. The van der Waals surface area contributed by atoms with E-state index in [0.717, 1.165) is 0 Å². The van der Waals surface area contributed by atoms with Crippen molar-refractivity contribution in [2.75, 3.05) is 19.8 Å². The maximum absolute atomic E-state index is 13.4. The first kappa shape index (κ1) is 17.7. The van der Waals surface area contributed by atoms with Crippen LogP contribution in [0, 0.1) is 5.82 Å². The van der Waals surface area contributed by atoms with E-state index in [0.29, 0.717) is 12.1 Å². The smallest absolute Gasteiger partial charge is 0.411 e. The van der Waals surface area contributed by atoms with Crippen molar-refractivity contribution in [3.8, 4) is 5.75 Å². The minimum atomic E-state index is -4.35. The quantitative estimate of drug-likeness (QED) is 0.590. The molecule has 0 amide bonds. The van der Waals surface area contributed by atoms with Gasteiger partial charge in [0.05, 0.1) is 6.61 Å². The molecular formula is C14H19F4NO2. The molecule has 0 fully saturated rings. The van der Waals surface area contributed by atoms with Gasteiger partial charge in [-0.25, -0.2) is 4.39 Å². The fourth-order valence-electron chi connectivity index (χ4n) is 1.53. The molecule has 0 bridgehead atoms. The second kappa shape index (κ2) is 8.19. The monoisotopic (exact) mass is 309 g/mol. The maximum Gasteiger partial charge on any atom is 0.411 e. The van der Waals surface area contributed by atoms with Crippen LogP contribution in [0.4, 0.5) is 17.6 Å². The van der Waals surface area contributed by atoms with Gasteiger partial charge < -0.3 is 14.8 Å². The van der Waals surface area contributed by atoms with Gasteiger partial charge in [0, 0.05) is 18.7 Å². The van der Waals surface area contributed by atoms with E-state index < -0.39 is 18.6 Å². The summed E-state index contributed by atoms with van der Waals surface area (Å²) in [6, 6.07) is 4.46. The molecule has 1 aromatic carbocycles. The van der Waals surface area contributed by atoms with Gasteiger partial charge in [0.1, 0.15) is 24.8 Å². The first-order chi connectivity index (χ1) is 9.76. The van der Waals surface area contributed by atoms with Crippen LogP contribution in [0.5, 0.6) is 5.75 Å². The normalized spacial score (nSPS) is 12.0. The summed E-state index contributed by atoms with van der Waals surface area (Å²) < 4.78 is 58.5. The molecular weight excluding hydrogens is 290 g/mol. The number of benzene rings is 1. The van der Waals surface area contributed by atoms with Gasteiger partial charge in [-0.05, 0) is 17.7 Å². The third-order valence-corrected chi connectivity index (χ3v) is 2.41. The van der Waals surface area contributed by atoms with Crippen LogP contribution in [0.15, 0.2) is 18.2 Å². The van der Waals surface area contributed by atoms with Crippen LogP contribution in [0.25, 0.3) is 0 Å². The first-order valence-electron chi connectivity index (χ1n) is 6.56. The number of hydrogen-bond acceptors (Lipinski definition) is 3. The number of rotatable bonds is 8. The van der Waals surface area contributed by atoms with Crippen LogP contribution in [-0.2, 0) is 11.3 Å². The number of ether oxygens (including phenoxy) is 2. The Labute approximate surface area is 121 Å². The van der Waals surface area contributed by atoms with Crippen LogP contribution < -0.4 is 10.1 Å². The summed E-state index contributed by atoms with van der Waals surface area (Å²) in [5, 5.41) is 3.14. The van der Waals surface area contributed by atoms with Crippen molar-refractivity contribution in [2.24, 2.45) is 0 Å². The molecule has 0 aliphatic heterocycles. The first-order valence-corrected chi connectivity index (χ1v) is 6.56. The summed E-state index contributed by atoms with van der Waals surface area (Å²) in [6.45, 7) is 2.81. The predicted molar refractivity (Wildman–Crippen MR) is 70.7 cm³/mol. The number of hydrogen-bond donors (Lipinski definition) is 1. The van der Waals surface area contributed by atoms with Gasteiger partial charge in [0.2, 0.25) is 0 Å². The van der Waals surface area contributed by atoms with Crippen molar-refractivity contribution in [3.63, 3.8) is 0 Å². The SMILES string of the molecule is CC(C)NCc1cc(F)cc(OCCOCC(F)(F)F)c1. The number of alkyl halides is 3. The zero-order valence-corrected chi connectivity index (χ0v) is 12.0. The zero-order valence-electron chi connectivity index (χ0n) is 12.0. The minimum absolute atomic E-state index is 0.0728. The summed E-state index contributed by atoms with van der Waals surface area (Å²) in [7, 11) is 0. The highest BCUT2D eigenvalue weighted by Gasteiger charge is 2.27. The average Bonchev–Trinajstić information content (AvgIpc) is 2.34. The van der Waals surface area contributed by atoms with Crippen molar-refractivity contribution < 1.29 is 27.0 Å². The second-order valence-corrected chi connectivity index (χ2v) is 4.85. The highest BCUT2D eigenvalue weighted by molar-refractivity contribution is 5.29. The second-order valence-electron chi connectivity index (χ2n) is 4.85. The molecule has 0 atom stereocenters. The van der Waals surface area contributed by atoms with Gasteiger partial charge in [-0.15, -0.1) is 0 Å². The van der Waals surface area contributed by atoms with E-state index in [4.69, 9.17) is 4.74 Å². The Morgan fingerprint density at radius 1 is 1.14 bits per heavy atom. The molecule has 120 valence electrons. The lowest BCUT2D eigenvalue weighted by atomic mass is 10.2. The molecule has 0 spiro atoms. The lowest BCUT2D eigenvalue weighted by Gasteiger charge is -2.12. The number of nitrogens with one attached hydrogen (secondary N) is 1. The molecule has 0 radical (unpaired) electrons. The van der Waals surface area contributed by atoms with Crippen molar-refractivity contribution >= 4 is 0 Å². The molecule has 1 aromatic rings. The Hall–Kier alpha value is -1.34. The lowest BCUT2D eigenvalue weighted by Crippen LogP contribution is -2.22. The van der Waals surface area contributed by atoms with E-state index in [2.05, 4.69) is 10.1 Å². The van der Waals surface area contributed by atoms with E-state index >= 15 is 0 Å². The Balaban J connectivity index is 2.40. The summed E-state index contributed by atoms with van der Waals surface area (Å²) in [5.41, 5.74) is 0.704. The fraction of sp³-hybridized carbons (Fsp3) is 0.571. The summed E-state index contributed by atoms with van der Waals surface area (Å²) in [4.78, 5) is 0. The molecule has 0 saturated heterocycles. The molecule has 0 aliphatic carbocycles. The van der Waals surface area contributed by atoms with Gasteiger partial charge in [0.25, 0.3) is 0 Å². The summed E-state index contributed by atoms with van der Waals surface area (Å²) >= 11 is 0. The summed E-state index contributed by atoms with van der Waals surface area (Å²) in [5.74, 6) is -0.185. The Morgan fingerprint density at radius 3 is 2.48 bits per heavy atom. The van der Waals surface area contributed by atoms with Crippen LogP contribution in [0.1, 0.15) is 19.4 Å². The molecule has 1 N–H and O–H groups in total. The highest BCUT2D eigenvalue weighted by atomic mass is 19.4. The predicted octanol–water partition coefficient (Wildman–Crippen LogP) is 3.28. The fourth-order valence-corrected chi connectivity index (χ4v) is 1.53. The molecule has 0 aromatic heterocycles. The third-order valence-electron chi connectivity index (χ3n) is 2.41. The molecule has 0 heterocycles. The molecule has 7 heteroatoms. The molecule has 0 unspecified atom stereocenters. The summed E-state index contributed by atoms with van der Waals surface area (Å²) in [6.07, 6.45) is -4.35. The van der Waals surface area contributed by atoms with Crippen LogP contribution >= 0.6 is 0 Å². The largest absolute Gasteiger partial charge is 0.491 e. The van der Waals surface area contributed by atoms with E-state index in [9.17, 15) is 17.6 Å². The van der Waals surface area contributed by atoms with E-state index in [1.54, 1.807) is 6.07 Å². The van der Waals surface area contributed by atoms with Gasteiger partial charge >= 0.3 is 6.18 Å². The van der Waals surface area contributed by atoms with Crippen LogP contribution in [0.3, 0.4) is 0 Å². The van der Waals surface area contributed by atoms with Crippen molar-refractivity contribution in [1.29, 1.82) is 0 Å². The highest BCUT2D eigenvalue weighted by Crippen LogP contribution is 2.17. The zero-order chi connectivity index (χ0) is 15.9. The van der Waals surface area contributed by atoms with E-state index in [1.807, 2.05) is 13.8 Å². The standard InChI is InChI=1S/C14H19F4NO2/c1-10(2)19-8-11-5-12(15)7-13(6-11)21-4-3-20-9-14(16,17)18/h5-7,10,19H,3-4,8-9H2,1-2H3. The Bertz CT molecular complexity index is 435. The average molecular weight is 309 g/mol. The van der Waals surface area contributed by atoms with Gasteiger partial charge in [0.15, 0.2) is 0 Å². The minimum Gasteiger partial charge on any atom is -0.491 e. The topological polar surface area (TPSA) is 30.5 Å². The molecule has 0 aliphatic rings. The van der Waals surface area contributed by atoms with E-state index in [-0.39, 0.29) is 25.0 Å². The van der Waals surface area contributed by atoms with Gasteiger partial charge in [-0.1, -0.05) is 13.8 Å². The Kier molecular flexibility index (Phi) is 6.91. The van der Waals surface area contributed by atoms with Gasteiger partial charge in [-0.3, -0.25) is 0 Å². The third kappa shape index (κ3) is 8.52. The van der Waals surface area contributed by atoms with E-state index in [1.165, 1.54) is 12.1 Å². The number of halogens is 4. The molecule has 21 heavy (non-hydrogen) atoms. The van der Waals surface area contributed by atoms with Crippen LogP contribution in [-0.4, -0.2) is 32.0 Å². The van der Waals surface area contributed by atoms with Crippen LogP contribution in [0.2, 0.25) is 0 Å². The van der Waals surface area contributed by atoms with Gasteiger partial charge in [-0.2, -0.15) is 13.2 Å². The Morgan fingerprint density at radius 2 is 1.86 bits per heavy atom. The molecule has 3 nitrogen and oxygen atoms in total. The van der Waals surface area contributed by atoms with Crippen molar-refractivity contribution in [2.45, 2.75) is 32.6 Å². The molecule has 0 saturated carbocycles. The molecule has 1 rings (SSSR count). The van der Waals surface area contributed by atoms with Crippen molar-refractivity contribution in [1.82, 2.24) is 5.32 Å². The lowest BCUT2D eigenvalue weighted by molar-refractivity contribution is -0.175. The van der Waals surface area contributed by atoms with Crippen molar-refractivity contribution in [3.05, 3.63) is 29.6 Å².